The number of carbonyl (C=O) groups excluding carboxylic acids is 1. The Balaban J connectivity index is 2.59. The standard InChI is InChI=1S/C10H18N4O2/c1-3-14(5-6-16-4-2)10(15)9-8(11)7-12-13-9/h7H,3-6,11H2,1-2H3,(H,12,13). The SMILES string of the molecule is CCOCCN(CC)C(=O)c1[nH]ncc1N. The molecule has 90 valence electrons. The quantitative estimate of drug-likeness (QED) is 0.691. The minimum absolute atomic E-state index is 0.141. The molecule has 0 saturated heterocycles. The van der Waals surface area contributed by atoms with Crippen LogP contribution in [0.15, 0.2) is 6.20 Å². The molecule has 0 atom stereocenters. The van der Waals surface area contributed by atoms with Crippen molar-refractivity contribution in [1.82, 2.24) is 15.1 Å². The maximum Gasteiger partial charge on any atom is 0.274 e. The van der Waals surface area contributed by atoms with Crippen LogP contribution in [0.25, 0.3) is 0 Å². The van der Waals surface area contributed by atoms with E-state index in [9.17, 15) is 4.79 Å². The lowest BCUT2D eigenvalue weighted by atomic mass is 10.3. The average molecular weight is 226 g/mol. The number of nitrogens with one attached hydrogen (secondary N) is 1. The molecule has 1 amide bonds. The summed E-state index contributed by atoms with van der Waals surface area (Å²) < 4.78 is 5.21. The molecule has 6 nitrogen and oxygen atoms in total. The second-order valence-corrected chi connectivity index (χ2v) is 3.28. The number of hydrogen-bond acceptors (Lipinski definition) is 4. The van der Waals surface area contributed by atoms with Gasteiger partial charge in [0.1, 0.15) is 5.69 Å². The first-order valence-corrected chi connectivity index (χ1v) is 5.36. The van der Waals surface area contributed by atoms with Gasteiger partial charge in [-0.2, -0.15) is 5.10 Å². The summed E-state index contributed by atoms with van der Waals surface area (Å²) in [5.41, 5.74) is 6.34. The van der Waals surface area contributed by atoms with Crippen LogP contribution >= 0.6 is 0 Å². The van der Waals surface area contributed by atoms with Crippen LogP contribution in [-0.4, -0.2) is 47.3 Å². The smallest absolute Gasteiger partial charge is 0.274 e. The fourth-order valence-electron chi connectivity index (χ4n) is 1.35. The number of H-pyrrole nitrogens is 1. The van der Waals surface area contributed by atoms with Crippen molar-refractivity contribution < 1.29 is 9.53 Å². The molecule has 0 aliphatic rings. The Morgan fingerprint density at radius 1 is 1.62 bits per heavy atom. The van der Waals surface area contributed by atoms with E-state index in [1.807, 2.05) is 13.8 Å². The minimum Gasteiger partial charge on any atom is -0.396 e. The number of nitrogen functional groups attached to an aromatic ring is 1. The Hall–Kier alpha value is -1.56. The molecule has 0 aliphatic heterocycles. The highest BCUT2D eigenvalue weighted by atomic mass is 16.5. The Morgan fingerprint density at radius 2 is 2.38 bits per heavy atom. The first kappa shape index (κ1) is 12.5. The Bertz CT molecular complexity index is 337. The van der Waals surface area contributed by atoms with E-state index in [1.54, 1.807) is 4.90 Å². The van der Waals surface area contributed by atoms with Gasteiger partial charge in [0.05, 0.1) is 18.5 Å². The lowest BCUT2D eigenvalue weighted by Gasteiger charge is -2.19. The molecule has 0 saturated carbocycles. The topological polar surface area (TPSA) is 84.2 Å². The highest BCUT2D eigenvalue weighted by Gasteiger charge is 2.17. The first-order valence-electron chi connectivity index (χ1n) is 5.36. The Labute approximate surface area is 94.8 Å². The van der Waals surface area contributed by atoms with Crippen LogP contribution in [0.1, 0.15) is 24.3 Å². The number of nitrogens with zero attached hydrogens (tertiary/aromatic N) is 2. The molecule has 0 radical (unpaired) electrons. The summed E-state index contributed by atoms with van der Waals surface area (Å²) in [5.74, 6) is -0.141. The summed E-state index contributed by atoms with van der Waals surface area (Å²) in [6, 6.07) is 0. The third-order valence-corrected chi connectivity index (χ3v) is 2.26. The molecular formula is C10H18N4O2. The second-order valence-electron chi connectivity index (χ2n) is 3.28. The van der Waals surface area contributed by atoms with Crippen molar-refractivity contribution in [3.05, 3.63) is 11.9 Å². The summed E-state index contributed by atoms with van der Waals surface area (Å²) >= 11 is 0. The van der Waals surface area contributed by atoms with Crippen LogP contribution < -0.4 is 5.73 Å². The maximum absolute atomic E-state index is 12.0. The normalized spacial score (nSPS) is 10.4. The predicted octanol–water partition coefficient (Wildman–Crippen LogP) is 0.491. The van der Waals surface area contributed by atoms with Gasteiger partial charge in [-0.1, -0.05) is 0 Å². The van der Waals surface area contributed by atoms with Crippen LogP contribution in [0.3, 0.4) is 0 Å². The Morgan fingerprint density at radius 3 is 2.88 bits per heavy atom. The molecule has 0 aliphatic carbocycles. The fraction of sp³-hybridized carbons (Fsp3) is 0.600. The number of nitrogens with two attached hydrogens (primary N) is 1. The minimum atomic E-state index is -0.141. The average Bonchev–Trinajstić information content (AvgIpc) is 2.70. The third-order valence-electron chi connectivity index (χ3n) is 2.26. The zero-order valence-electron chi connectivity index (χ0n) is 9.69. The van der Waals surface area contributed by atoms with Gasteiger partial charge in [0.25, 0.3) is 5.91 Å². The fourth-order valence-corrected chi connectivity index (χ4v) is 1.35. The molecule has 3 N–H and O–H groups in total. The molecule has 0 aromatic carbocycles. The van der Waals surface area contributed by atoms with Crippen molar-refractivity contribution in [2.75, 3.05) is 32.0 Å². The van der Waals surface area contributed by atoms with Gasteiger partial charge in [-0.15, -0.1) is 0 Å². The number of hydrogen-bond donors (Lipinski definition) is 2. The highest BCUT2D eigenvalue weighted by Crippen LogP contribution is 2.09. The molecule has 0 fully saturated rings. The van der Waals surface area contributed by atoms with Crippen LogP contribution in [0.5, 0.6) is 0 Å². The van der Waals surface area contributed by atoms with E-state index >= 15 is 0 Å². The molecule has 0 spiro atoms. The van der Waals surface area contributed by atoms with Crippen molar-refractivity contribution >= 4 is 11.6 Å². The number of likely N-dealkylation sites (N-methyl/N-ethyl adjacent to an activating group) is 1. The van der Waals surface area contributed by atoms with Crippen molar-refractivity contribution in [2.45, 2.75) is 13.8 Å². The van der Waals surface area contributed by atoms with Crippen molar-refractivity contribution in [3.8, 4) is 0 Å². The van der Waals surface area contributed by atoms with Gasteiger partial charge in [0, 0.05) is 19.7 Å². The molecule has 1 rings (SSSR count). The Kier molecular flexibility index (Phi) is 4.78. The number of aromatic nitrogens is 2. The maximum atomic E-state index is 12.0. The first-order chi connectivity index (χ1) is 7.70. The van der Waals surface area contributed by atoms with E-state index in [0.29, 0.717) is 37.7 Å². The number of anilines is 1. The van der Waals surface area contributed by atoms with E-state index in [1.165, 1.54) is 6.20 Å². The van der Waals surface area contributed by atoms with E-state index < -0.39 is 0 Å². The largest absolute Gasteiger partial charge is 0.396 e. The summed E-state index contributed by atoms with van der Waals surface area (Å²) in [5, 5.41) is 6.33. The van der Waals surface area contributed by atoms with Crippen LogP contribution in [-0.2, 0) is 4.74 Å². The van der Waals surface area contributed by atoms with Crippen molar-refractivity contribution in [3.63, 3.8) is 0 Å². The molecule has 0 unspecified atom stereocenters. The zero-order valence-corrected chi connectivity index (χ0v) is 9.69. The highest BCUT2D eigenvalue weighted by molar-refractivity contribution is 5.96. The number of ether oxygens (including phenoxy) is 1. The lowest BCUT2D eigenvalue weighted by molar-refractivity contribution is 0.0664. The molecule has 0 bridgehead atoms. The summed E-state index contributed by atoms with van der Waals surface area (Å²) in [7, 11) is 0. The lowest BCUT2D eigenvalue weighted by Crippen LogP contribution is -2.34. The number of aromatic amines is 1. The summed E-state index contributed by atoms with van der Waals surface area (Å²) in [6.07, 6.45) is 1.43. The number of amides is 1. The van der Waals surface area contributed by atoms with E-state index in [2.05, 4.69) is 10.2 Å². The van der Waals surface area contributed by atoms with Gasteiger partial charge >= 0.3 is 0 Å². The van der Waals surface area contributed by atoms with E-state index in [0.717, 1.165) is 0 Å². The van der Waals surface area contributed by atoms with Gasteiger partial charge in [-0.3, -0.25) is 9.89 Å². The summed E-state index contributed by atoms with van der Waals surface area (Å²) in [6.45, 7) is 6.19. The molecule has 1 aromatic heterocycles. The number of rotatable bonds is 6. The molecule has 1 aromatic rings. The monoisotopic (exact) mass is 226 g/mol. The molecule has 16 heavy (non-hydrogen) atoms. The van der Waals surface area contributed by atoms with Gasteiger partial charge in [0.15, 0.2) is 0 Å². The van der Waals surface area contributed by atoms with E-state index in [4.69, 9.17) is 10.5 Å². The molecule has 6 heteroatoms. The molecular weight excluding hydrogens is 208 g/mol. The van der Waals surface area contributed by atoms with Gasteiger partial charge in [0.2, 0.25) is 0 Å². The van der Waals surface area contributed by atoms with Gasteiger partial charge in [-0.05, 0) is 13.8 Å². The third kappa shape index (κ3) is 2.96. The van der Waals surface area contributed by atoms with Crippen molar-refractivity contribution in [2.24, 2.45) is 0 Å². The zero-order chi connectivity index (χ0) is 12.0. The van der Waals surface area contributed by atoms with E-state index in [-0.39, 0.29) is 5.91 Å². The van der Waals surface area contributed by atoms with Gasteiger partial charge in [-0.25, -0.2) is 0 Å². The molecule has 1 heterocycles. The van der Waals surface area contributed by atoms with Gasteiger partial charge < -0.3 is 15.4 Å². The number of carbonyl (C=O) groups is 1. The van der Waals surface area contributed by atoms with Crippen molar-refractivity contribution in [1.29, 1.82) is 0 Å². The summed E-state index contributed by atoms with van der Waals surface area (Å²) in [4.78, 5) is 13.6. The van der Waals surface area contributed by atoms with Crippen LogP contribution in [0.2, 0.25) is 0 Å². The van der Waals surface area contributed by atoms with Crippen LogP contribution in [0.4, 0.5) is 5.69 Å². The second kappa shape index (κ2) is 6.12. The van der Waals surface area contributed by atoms with Crippen LogP contribution in [0, 0.1) is 0 Å². The predicted molar refractivity (Wildman–Crippen MR) is 61.1 cm³/mol.